The molecule has 1 aromatic rings. The number of alkyl halides is 2. The number of nitrogens with zero attached hydrogens (tertiary/aromatic N) is 1. The van der Waals surface area contributed by atoms with Crippen molar-refractivity contribution in [2.24, 2.45) is 5.14 Å². The Kier molecular flexibility index (Phi) is 2.86. The normalized spacial score (nSPS) is 12.1. The van der Waals surface area contributed by atoms with Gasteiger partial charge in [0.05, 0.1) is 5.69 Å². The molecule has 1 rings (SSSR count). The van der Waals surface area contributed by atoms with Crippen molar-refractivity contribution in [1.29, 1.82) is 0 Å². The minimum Gasteiger partial charge on any atom is -0.397 e. The van der Waals surface area contributed by atoms with Gasteiger partial charge in [-0.25, -0.2) is 27.3 Å². The summed E-state index contributed by atoms with van der Waals surface area (Å²) in [6, 6.07) is 0.513. The molecule has 0 bridgehead atoms. The number of sulfonamides is 1. The lowest BCUT2D eigenvalue weighted by molar-refractivity contribution is 0.145. The minimum absolute atomic E-state index is 0.513. The molecule has 5 nitrogen and oxygen atoms in total. The molecule has 1 aromatic heterocycles. The number of primary sulfonamides is 1. The van der Waals surface area contributed by atoms with Crippen LogP contribution < -0.4 is 10.9 Å². The largest absolute Gasteiger partial charge is 0.397 e. The maximum atomic E-state index is 12.9. The lowest BCUT2D eigenvalue weighted by atomic mass is 10.3. The van der Waals surface area contributed by atoms with E-state index in [0.717, 1.165) is 0 Å². The predicted octanol–water partition coefficient (Wildman–Crippen LogP) is 0.388. The van der Waals surface area contributed by atoms with Crippen molar-refractivity contribution in [2.45, 2.75) is 11.3 Å². The van der Waals surface area contributed by atoms with Crippen molar-refractivity contribution >= 4 is 15.7 Å². The molecule has 0 aliphatic heterocycles. The molecule has 0 aliphatic carbocycles. The van der Waals surface area contributed by atoms with Crippen LogP contribution in [0.15, 0.2) is 11.0 Å². The van der Waals surface area contributed by atoms with E-state index in [1.807, 2.05) is 0 Å². The molecule has 0 radical (unpaired) electrons. The average molecular weight is 241 g/mol. The number of hydrogen-bond donors (Lipinski definition) is 2. The van der Waals surface area contributed by atoms with Crippen molar-refractivity contribution in [3.8, 4) is 0 Å². The van der Waals surface area contributed by atoms with Crippen LogP contribution in [0, 0.1) is 5.95 Å². The SMILES string of the molecule is Nc1cc(S(N)(=O)=O)c(F)nc1C(F)F. The van der Waals surface area contributed by atoms with Gasteiger partial charge < -0.3 is 5.73 Å². The van der Waals surface area contributed by atoms with E-state index in [9.17, 15) is 21.6 Å². The summed E-state index contributed by atoms with van der Waals surface area (Å²) < 4.78 is 58.7. The van der Waals surface area contributed by atoms with E-state index in [-0.39, 0.29) is 0 Å². The fourth-order valence-corrected chi connectivity index (χ4v) is 1.45. The van der Waals surface area contributed by atoms with E-state index in [1.54, 1.807) is 0 Å². The fourth-order valence-electron chi connectivity index (χ4n) is 0.874. The monoisotopic (exact) mass is 241 g/mol. The molecule has 0 amide bonds. The Morgan fingerprint density at radius 3 is 2.33 bits per heavy atom. The van der Waals surface area contributed by atoms with E-state index in [0.29, 0.717) is 6.07 Å². The molecule has 9 heteroatoms. The summed E-state index contributed by atoms with van der Waals surface area (Å²) >= 11 is 0. The first-order valence-corrected chi connectivity index (χ1v) is 5.05. The van der Waals surface area contributed by atoms with E-state index < -0.39 is 38.7 Å². The van der Waals surface area contributed by atoms with Gasteiger partial charge in [-0.1, -0.05) is 0 Å². The second-order valence-corrected chi connectivity index (χ2v) is 4.13. The van der Waals surface area contributed by atoms with Crippen LogP contribution in [0.5, 0.6) is 0 Å². The highest BCUT2D eigenvalue weighted by molar-refractivity contribution is 7.89. The molecule has 0 spiro atoms. The number of anilines is 1. The average Bonchev–Trinajstić information content (AvgIpc) is 2.06. The summed E-state index contributed by atoms with van der Waals surface area (Å²) in [6.07, 6.45) is -3.09. The Balaban J connectivity index is 3.46. The number of halogens is 3. The zero-order valence-electron chi connectivity index (χ0n) is 7.12. The van der Waals surface area contributed by atoms with Crippen LogP contribution in [0.25, 0.3) is 0 Å². The van der Waals surface area contributed by atoms with Crippen LogP contribution in [-0.2, 0) is 10.0 Å². The van der Waals surface area contributed by atoms with Gasteiger partial charge in [0.2, 0.25) is 16.0 Å². The van der Waals surface area contributed by atoms with Crippen molar-refractivity contribution < 1.29 is 21.6 Å². The molecule has 1 heterocycles. The summed E-state index contributed by atoms with van der Waals surface area (Å²) in [7, 11) is -4.36. The number of nitrogens with two attached hydrogens (primary N) is 2. The summed E-state index contributed by atoms with van der Waals surface area (Å²) in [5.41, 5.74) is 3.42. The van der Waals surface area contributed by atoms with Crippen LogP contribution in [0.4, 0.5) is 18.9 Å². The standard InChI is InChI=1S/C6H6F3N3O2S/c7-5(8)4-2(10)1-3(6(9)12-4)15(11,13)14/h1,5H,10H2,(H2,11,13,14). The van der Waals surface area contributed by atoms with Crippen molar-refractivity contribution in [1.82, 2.24) is 4.98 Å². The molecule has 0 aliphatic rings. The third-order valence-corrected chi connectivity index (χ3v) is 2.42. The van der Waals surface area contributed by atoms with E-state index >= 15 is 0 Å². The van der Waals surface area contributed by atoms with Gasteiger partial charge in [0, 0.05) is 0 Å². The summed E-state index contributed by atoms with van der Waals surface area (Å²) in [5, 5.41) is 4.60. The maximum absolute atomic E-state index is 12.9. The van der Waals surface area contributed by atoms with Crippen LogP contribution in [0.2, 0.25) is 0 Å². The van der Waals surface area contributed by atoms with Crippen molar-refractivity contribution in [3.05, 3.63) is 17.7 Å². The highest BCUT2D eigenvalue weighted by Crippen LogP contribution is 2.25. The number of aromatic nitrogens is 1. The second kappa shape index (κ2) is 3.66. The molecule has 0 saturated carbocycles. The van der Waals surface area contributed by atoms with Gasteiger partial charge in [-0.15, -0.1) is 0 Å². The van der Waals surface area contributed by atoms with Gasteiger partial charge in [-0.05, 0) is 6.07 Å². The van der Waals surface area contributed by atoms with Crippen LogP contribution in [0.3, 0.4) is 0 Å². The van der Waals surface area contributed by atoms with E-state index in [1.165, 1.54) is 0 Å². The van der Waals surface area contributed by atoms with Crippen LogP contribution in [0.1, 0.15) is 12.1 Å². The van der Waals surface area contributed by atoms with Gasteiger partial charge in [-0.3, -0.25) is 0 Å². The van der Waals surface area contributed by atoms with Crippen molar-refractivity contribution in [2.75, 3.05) is 5.73 Å². The first-order chi connectivity index (χ1) is 6.73. The molecule has 0 saturated heterocycles. The lowest BCUT2D eigenvalue weighted by Gasteiger charge is -2.06. The summed E-state index contributed by atoms with van der Waals surface area (Å²) in [6.45, 7) is 0. The smallest absolute Gasteiger partial charge is 0.282 e. The molecular weight excluding hydrogens is 235 g/mol. The van der Waals surface area contributed by atoms with Crippen molar-refractivity contribution in [3.63, 3.8) is 0 Å². The first kappa shape index (κ1) is 11.7. The first-order valence-electron chi connectivity index (χ1n) is 3.50. The molecule has 0 fully saturated rings. The van der Waals surface area contributed by atoms with Crippen LogP contribution >= 0.6 is 0 Å². The molecule has 4 N–H and O–H groups in total. The Morgan fingerprint density at radius 2 is 1.93 bits per heavy atom. The minimum atomic E-state index is -4.36. The van der Waals surface area contributed by atoms with Gasteiger partial charge in [0.25, 0.3) is 6.43 Å². The van der Waals surface area contributed by atoms with Gasteiger partial charge in [-0.2, -0.15) is 4.39 Å². The highest BCUT2D eigenvalue weighted by Gasteiger charge is 2.22. The van der Waals surface area contributed by atoms with E-state index in [4.69, 9.17) is 5.73 Å². The zero-order chi connectivity index (χ0) is 11.8. The lowest BCUT2D eigenvalue weighted by Crippen LogP contribution is -2.16. The summed E-state index contributed by atoms with van der Waals surface area (Å²) in [5.74, 6) is -1.60. The quantitative estimate of drug-likeness (QED) is 0.731. The third kappa shape index (κ3) is 2.36. The van der Waals surface area contributed by atoms with E-state index in [2.05, 4.69) is 10.1 Å². The molecular formula is C6H6F3N3O2S. The Labute approximate surface area is 83.0 Å². The molecule has 15 heavy (non-hydrogen) atoms. The molecule has 84 valence electrons. The topological polar surface area (TPSA) is 99.1 Å². The van der Waals surface area contributed by atoms with Gasteiger partial charge >= 0.3 is 0 Å². The predicted molar refractivity (Wildman–Crippen MR) is 44.9 cm³/mol. The Hall–Kier alpha value is -1.35. The summed E-state index contributed by atoms with van der Waals surface area (Å²) in [4.78, 5) is 1.73. The molecule has 0 atom stereocenters. The van der Waals surface area contributed by atoms with Gasteiger partial charge in [0.15, 0.2) is 0 Å². The highest BCUT2D eigenvalue weighted by atomic mass is 32.2. The fraction of sp³-hybridized carbons (Fsp3) is 0.167. The number of nitrogen functional groups attached to an aromatic ring is 1. The van der Waals surface area contributed by atoms with Gasteiger partial charge in [0.1, 0.15) is 10.6 Å². The number of pyridine rings is 1. The van der Waals surface area contributed by atoms with Crippen LogP contribution in [-0.4, -0.2) is 13.4 Å². The number of rotatable bonds is 2. The number of hydrogen-bond acceptors (Lipinski definition) is 4. The Morgan fingerprint density at radius 1 is 1.40 bits per heavy atom. The molecule has 0 unspecified atom stereocenters. The maximum Gasteiger partial charge on any atom is 0.282 e. The zero-order valence-corrected chi connectivity index (χ0v) is 7.93. The molecule has 0 aromatic carbocycles. The Bertz CT molecular complexity index is 489. The third-order valence-electron chi connectivity index (χ3n) is 1.52. The second-order valence-electron chi connectivity index (χ2n) is 2.60.